The first-order valence-corrected chi connectivity index (χ1v) is 7.47. The van der Waals surface area contributed by atoms with Gasteiger partial charge in [0.15, 0.2) is 5.13 Å². The lowest BCUT2D eigenvalue weighted by Crippen LogP contribution is -2.45. The molecule has 0 spiro atoms. The highest BCUT2D eigenvalue weighted by atomic mass is 35.5. The Morgan fingerprint density at radius 1 is 1.48 bits per heavy atom. The first-order chi connectivity index (χ1) is 9.81. The van der Waals surface area contributed by atoms with E-state index in [1.807, 2.05) is 11.4 Å². The van der Waals surface area contributed by atoms with Gasteiger partial charge in [-0.05, 0) is 32.0 Å². The minimum Gasteiger partial charge on any atom is -0.495 e. The number of methoxy groups -OCH3 is 1. The third-order valence-corrected chi connectivity index (χ3v) is 3.81. The minimum absolute atomic E-state index is 0.281. The number of amides is 1. The van der Waals surface area contributed by atoms with E-state index in [4.69, 9.17) is 22.1 Å². The van der Waals surface area contributed by atoms with Gasteiger partial charge in [0, 0.05) is 10.9 Å². The molecule has 0 aliphatic carbocycles. The number of nitrogens with two attached hydrogens (primary N) is 1. The molecule has 0 unspecified atom stereocenters. The van der Waals surface area contributed by atoms with Gasteiger partial charge >= 0.3 is 0 Å². The second-order valence-corrected chi connectivity index (χ2v) is 6.33. The zero-order valence-electron chi connectivity index (χ0n) is 11.9. The fourth-order valence-corrected chi connectivity index (χ4v) is 2.52. The van der Waals surface area contributed by atoms with E-state index < -0.39 is 5.54 Å². The summed E-state index contributed by atoms with van der Waals surface area (Å²) in [5, 5.41) is 5.55. The van der Waals surface area contributed by atoms with Crippen molar-refractivity contribution in [2.45, 2.75) is 19.4 Å². The molecule has 1 aromatic heterocycles. The number of nitrogens with one attached hydrogen (secondary N) is 1. The van der Waals surface area contributed by atoms with Crippen molar-refractivity contribution in [3.8, 4) is 17.0 Å². The van der Waals surface area contributed by atoms with Crippen LogP contribution in [-0.4, -0.2) is 23.5 Å². The maximum atomic E-state index is 11.8. The van der Waals surface area contributed by atoms with Gasteiger partial charge < -0.3 is 15.8 Å². The number of hydrogen-bond donors (Lipinski definition) is 2. The molecule has 0 saturated carbocycles. The number of anilines is 1. The van der Waals surface area contributed by atoms with Crippen LogP contribution in [-0.2, 0) is 4.79 Å². The van der Waals surface area contributed by atoms with E-state index in [1.54, 1.807) is 33.1 Å². The van der Waals surface area contributed by atoms with Crippen LogP contribution in [0.2, 0.25) is 5.02 Å². The molecular weight excluding hydrogens is 310 g/mol. The molecule has 5 nitrogen and oxygen atoms in total. The molecule has 2 aromatic rings. The van der Waals surface area contributed by atoms with Crippen LogP contribution in [0.25, 0.3) is 11.3 Å². The molecular formula is C14H16ClN3O2S. The molecule has 7 heteroatoms. The fourth-order valence-electron chi connectivity index (χ4n) is 1.55. The number of halogens is 1. The van der Waals surface area contributed by atoms with E-state index in [-0.39, 0.29) is 5.91 Å². The number of aromatic nitrogens is 1. The maximum absolute atomic E-state index is 11.8. The van der Waals surface area contributed by atoms with Crippen molar-refractivity contribution in [2.75, 3.05) is 12.4 Å². The molecule has 1 amide bonds. The third kappa shape index (κ3) is 3.72. The van der Waals surface area contributed by atoms with Gasteiger partial charge in [0.1, 0.15) is 5.75 Å². The fraction of sp³-hybridized carbons (Fsp3) is 0.286. The molecule has 2 rings (SSSR count). The predicted octanol–water partition coefficient (Wildman–Crippen LogP) is 3.15. The van der Waals surface area contributed by atoms with E-state index in [9.17, 15) is 4.79 Å². The van der Waals surface area contributed by atoms with E-state index in [2.05, 4.69) is 10.3 Å². The van der Waals surface area contributed by atoms with E-state index >= 15 is 0 Å². The summed E-state index contributed by atoms with van der Waals surface area (Å²) in [6, 6.07) is 5.41. The maximum Gasteiger partial charge on any atom is 0.245 e. The van der Waals surface area contributed by atoms with Crippen LogP contribution in [0.5, 0.6) is 5.75 Å². The summed E-state index contributed by atoms with van der Waals surface area (Å²) in [5.74, 6) is 0.324. The molecule has 0 aliphatic rings. The number of carbonyl (C=O) groups excluding carboxylic acids is 1. The van der Waals surface area contributed by atoms with Gasteiger partial charge in [-0.15, -0.1) is 11.3 Å². The Hall–Kier alpha value is -1.63. The highest BCUT2D eigenvalue weighted by Crippen LogP contribution is 2.31. The SMILES string of the molecule is COc1ccc(-c2csc(NC(=O)C(C)(C)N)n2)cc1Cl. The van der Waals surface area contributed by atoms with Crippen LogP contribution < -0.4 is 15.8 Å². The third-order valence-electron chi connectivity index (χ3n) is 2.76. The van der Waals surface area contributed by atoms with Crippen molar-refractivity contribution in [1.82, 2.24) is 4.98 Å². The first kappa shape index (κ1) is 15.8. The van der Waals surface area contributed by atoms with Gasteiger partial charge in [-0.2, -0.15) is 0 Å². The molecule has 1 aromatic carbocycles. The van der Waals surface area contributed by atoms with Crippen LogP contribution in [0.15, 0.2) is 23.6 Å². The Morgan fingerprint density at radius 3 is 2.76 bits per heavy atom. The molecule has 0 atom stereocenters. The molecule has 0 fully saturated rings. The summed E-state index contributed by atoms with van der Waals surface area (Å²) in [6.07, 6.45) is 0. The smallest absolute Gasteiger partial charge is 0.245 e. The lowest BCUT2D eigenvalue weighted by molar-refractivity contribution is -0.120. The Morgan fingerprint density at radius 2 is 2.19 bits per heavy atom. The number of hydrogen-bond acceptors (Lipinski definition) is 5. The van der Waals surface area contributed by atoms with Crippen LogP contribution in [0.3, 0.4) is 0 Å². The second kappa shape index (κ2) is 6.01. The molecule has 1 heterocycles. The monoisotopic (exact) mass is 325 g/mol. The number of thiazole rings is 1. The van der Waals surface area contributed by atoms with Crippen LogP contribution >= 0.6 is 22.9 Å². The Balaban J connectivity index is 2.20. The van der Waals surface area contributed by atoms with Gasteiger partial charge in [0.25, 0.3) is 0 Å². The van der Waals surface area contributed by atoms with Gasteiger partial charge in [0.2, 0.25) is 5.91 Å². The number of rotatable bonds is 4. The van der Waals surface area contributed by atoms with Gasteiger partial charge in [-0.1, -0.05) is 11.6 Å². The zero-order valence-corrected chi connectivity index (χ0v) is 13.5. The highest BCUT2D eigenvalue weighted by molar-refractivity contribution is 7.14. The Bertz CT molecular complexity index is 664. The number of nitrogens with zero attached hydrogens (tertiary/aromatic N) is 1. The van der Waals surface area contributed by atoms with Crippen LogP contribution in [0, 0.1) is 0 Å². The zero-order chi connectivity index (χ0) is 15.6. The van der Waals surface area contributed by atoms with Crippen molar-refractivity contribution in [2.24, 2.45) is 5.73 Å². The summed E-state index contributed by atoms with van der Waals surface area (Å²) < 4.78 is 5.11. The summed E-state index contributed by atoms with van der Waals surface area (Å²) in [4.78, 5) is 16.2. The lowest BCUT2D eigenvalue weighted by Gasteiger charge is -2.16. The van der Waals surface area contributed by atoms with Crippen molar-refractivity contribution < 1.29 is 9.53 Å². The Kier molecular flexibility index (Phi) is 4.51. The molecule has 3 N–H and O–H groups in total. The quantitative estimate of drug-likeness (QED) is 0.905. The van der Waals surface area contributed by atoms with Gasteiger partial charge in [-0.25, -0.2) is 4.98 Å². The standard InChI is InChI=1S/C14H16ClN3O2S/c1-14(2,16)12(19)18-13-17-10(7-21-13)8-4-5-11(20-3)9(15)6-8/h4-7H,16H2,1-3H3,(H,17,18,19). The normalized spacial score (nSPS) is 11.3. The Labute approximate surface area is 132 Å². The minimum atomic E-state index is -0.949. The van der Waals surface area contributed by atoms with Gasteiger partial charge in [-0.3, -0.25) is 4.79 Å². The molecule has 0 saturated heterocycles. The molecule has 112 valence electrons. The number of carbonyl (C=O) groups is 1. The average molecular weight is 326 g/mol. The predicted molar refractivity (Wildman–Crippen MR) is 86.0 cm³/mol. The van der Waals surface area contributed by atoms with E-state index in [0.717, 1.165) is 11.3 Å². The summed E-state index contributed by atoms with van der Waals surface area (Å²) >= 11 is 7.43. The topological polar surface area (TPSA) is 77.2 Å². The van der Waals surface area contributed by atoms with Crippen molar-refractivity contribution in [3.63, 3.8) is 0 Å². The molecule has 0 bridgehead atoms. The second-order valence-electron chi connectivity index (χ2n) is 5.06. The number of ether oxygens (including phenoxy) is 1. The van der Waals surface area contributed by atoms with Gasteiger partial charge in [0.05, 0.1) is 23.4 Å². The van der Waals surface area contributed by atoms with Crippen LogP contribution in [0.4, 0.5) is 5.13 Å². The molecule has 21 heavy (non-hydrogen) atoms. The van der Waals surface area contributed by atoms with Crippen LogP contribution in [0.1, 0.15) is 13.8 Å². The molecule has 0 radical (unpaired) electrons. The molecule has 0 aliphatic heterocycles. The number of benzene rings is 1. The first-order valence-electron chi connectivity index (χ1n) is 6.21. The summed E-state index contributed by atoms with van der Waals surface area (Å²) in [5.41, 5.74) is 6.36. The van der Waals surface area contributed by atoms with Crippen molar-refractivity contribution in [3.05, 3.63) is 28.6 Å². The van der Waals surface area contributed by atoms with Crippen molar-refractivity contribution >= 4 is 34.0 Å². The highest BCUT2D eigenvalue weighted by Gasteiger charge is 2.22. The summed E-state index contributed by atoms with van der Waals surface area (Å²) in [7, 11) is 1.56. The lowest BCUT2D eigenvalue weighted by atomic mass is 10.1. The van der Waals surface area contributed by atoms with E-state index in [0.29, 0.717) is 15.9 Å². The van der Waals surface area contributed by atoms with E-state index in [1.165, 1.54) is 11.3 Å². The summed E-state index contributed by atoms with van der Waals surface area (Å²) in [6.45, 7) is 3.28. The largest absolute Gasteiger partial charge is 0.495 e. The van der Waals surface area contributed by atoms with Crippen molar-refractivity contribution in [1.29, 1.82) is 0 Å². The average Bonchev–Trinajstić information content (AvgIpc) is 2.86.